The van der Waals surface area contributed by atoms with Crippen molar-refractivity contribution in [3.63, 3.8) is 0 Å². The molecule has 4 heteroatoms. The summed E-state index contributed by atoms with van der Waals surface area (Å²) in [4.78, 5) is 2.61. The molecule has 102 valence electrons. The highest BCUT2D eigenvalue weighted by Gasteiger charge is 2.22. The van der Waals surface area contributed by atoms with Crippen molar-refractivity contribution in [3.05, 3.63) is 18.0 Å². The van der Waals surface area contributed by atoms with Crippen molar-refractivity contribution in [1.29, 1.82) is 0 Å². The fourth-order valence-corrected chi connectivity index (χ4v) is 2.77. The minimum Gasteiger partial charge on any atom is -0.315 e. The maximum Gasteiger partial charge on any atom is 0.0527 e. The summed E-state index contributed by atoms with van der Waals surface area (Å²) in [6.07, 6.45) is 4.41. The molecule has 0 amide bonds. The van der Waals surface area contributed by atoms with Crippen molar-refractivity contribution in [3.8, 4) is 0 Å². The number of rotatable bonds is 6. The van der Waals surface area contributed by atoms with Crippen LogP contribution in [0.4, 0.5) is 0 Å². The summed E-state index contributed by atoms with van der Waals surface area (Å²) in [7, 11) is 0. The molecule has 0 radical (unpaired) electrons. The molecule has 1 saturated heterocycles. The first kappa shape index (κ1) is 13.6. The fraction of sp³-hybridized carbons (Fsp3) is 0.786. The van der Waals surface area contributed by atoms with Crippen LogP contribution in [0.5, 0.6) is 0 Å². The molecule has 1 atom stereocenters. The second-order valence-electron chi connectivity index (χ2n) is 5.48. The molecule has 2 heterocycles. The lowest BCUT2D eigenvalue weighted by Crippen LogP contribution is -2.37. The van der Waals surface area contributed by atoms with E-state index in [0.29, 0.717) is 12.1 Å². The summed E-state index contributed by atoms with van der Waals surface area (Å²) in [6.45, 7) is 11.1. The quantitative estimate of drug-likeness (QED) is 0.838. The van der Waals surface area contributed by atoms with Gasteiger partial charge in [-0.25, -0.2) is 0 Å². The van der Waals surface area contributed by atoms with Crippen LogP contribution in [-0.4, -0.2) is 40.4 Å². The molecule has 1 unspecified atom stereocenters. The molecular formula is C14H26N4. The maximum atomic E-state index is 4.43. The number of nitrogens with zero attached hydrogens (tertiary/aromatic N) is 3. The molecule has 0 spiro atoms. The number of hydrogen-bond acceptors (Lipinski definition) is 3. The third-order valence-electron chi connectivity index (χ3n) is 3.67. The highest BCUT2D eigenvalue weighted by molar-refractivity contribution is 5.02. The first-order valence-corrected chi connectivity index (χ1v) is 7.19. The molecule has 1 fully saturated rings. The molecule has 2 rings (SSSR count). The molecule has 0 aromatic carbocycles. The predicted molar refractivity (Wildman–Crippen MR) is 74.6 cm³/mol. The molecule has 0 bridgehead atoms. The van der Waals surface area contributed by atoms with Gasteiger partial charge in [0.2, 0.25) is 0 Å². The number of aromatic nitrogens is 2. The lowest BCUT2D eigenvalue weighted by molar-refractivity contribution is 0.192. The fourth-order valence-electron chi connectivity index (χ4n) is 2.77. The van der Waals surface area contributed by atoms with E-state index in [1.54, 1.807) is 0 Å². The smallest absolute Gasteiger partial charge is 0.0527 e. The Bertz CT molecular complexity index is 352. The molecular weight excluding hydrogens is 224 g/mol. The third kappa shape index (κ3) is 3.12. The van der Waals surface area contributed by atoms with Gasteiger partial charge in [0, 0.05) is 31.4 Å². The van der Waals surface area contributed by atoms with Crippen molar-refractivity contribution in [2.24, 2.45) is 0 Å². The van der Waals surface area contributed by atoms with Crippen molar-refractivity contribution in [2.45, 2.75) is 52.2 Å². The molecule has 4 nitrogen and oxygen atoms in total. The van der Waals surface area contributed by atoms with Crippen LogP contribution in [0.2, 0.25) is 0 Å². The molecule has 1 N–H and O–H groups in total. The Balaban J connectivity index is 2.05. The van der Waals surface area contributed by atoms with Gasteiger partial charge in [-0.1, -0.05) is 6.92 Å². The van der Waals surface area contributed by atoms with Gasteiger partial charge in [-0.2, -0.15) is 5.10 Å². The van der Waals surface area contributed by atoms with Crippen LogP contribution in [0.15, 0.2) is 12.3 Å². The van der Waals surface area contributed by atoms with Crippen LogP contribution in [0.25, 0.3) is 0 Å². The predicted octanol–water partition coefficient (Wildman–Crippen LogP) is 2.04. The monoisotopic (exact) mass is 250 g/mol. The Morgan fingerprint density at radius 3 is 3.00 bits per heavy atom. The van der Waals surface area contributed by atoms with Crippen molar-refractivity contribution >= 4 is 0 Å². The first-order chi connectivity index (χ1) is 8.72. The molecule has 1 aliphatic heterocycles. The Kier molecular flexibility index (Phi) is 4.78. The van der Waals surface area contributed by atoms with Crippen LogP contribution in [0.3, 0.4) is 0 Å². The summed E-state index contributed by atoms with van der Waals surface area (Å²) in [5.74, 6) is 0. The lowest BCUT2D eigenvalue weighted by atomic mass is 10.2. The van der Waals surface area contributed by atoms with Crippen molar-refractivity contribution in [2.75, 3.05) is 19.6 Å². The van der Waals surface area contributed by atoms with E-state index < -0.39 is 0 Å². The van der Waals surface area contributed by atoms with Gasteiger partial charge < -0.3 is 5.32 Å². The maximum absolute atomic E-state index is 4.43. The van der Waals surface area contributed by atoms with E-state index in [-0.39, 0.29) is 0 Å². The average molecular weight is 250 g/mol. The second kappa shape index (κ2) is 6.34. The molecule has 1 aromatic rings. The standard InChI is InChI=1S/C14H26N4/c1-4-9-17(13-5-7-15-10-13)11-14-6-8-16-18(14)12(2)3/h6,8,12-13,15H,4-5,7,9-11H2,1-3H3. The number of hydrogen-bond donors (Lipinski definition) is 1. The Hall–Kier alpha value is -0.870. The SMILES string of the molecule is CCCN(Cc1ccnn1C(C)C)C1CCNC1. The van der Waals surface area contributed by atoms with E-state index in [2.05, 4.69) is 46.8 Å². The zero-order valence-corrected chi connectivity index (χ0v) is 11.9. The first-order valence-electron chi connectivity index (χ1n) is 7.19. The largest absolute Gasteiger partial charge is 0.315 e. The van der Waals surface area contributed by atoms with Gasteiger partial charge in [-0.15, -0.1) is 0 Å². The van der Waals surface area contributed by atoms with Gasteiger partial charge in [0.1, 0.15) is 0 Å². The highest BCUT2D eigenvalue weighted by Crippen LogP contribution is 2.16. The van der Waals surface area contributed by atoms with Crippen LogP contribution in [0, 0.1) is 0 Å². The zero-order valence-electron chi connectivity index (χ0n) is 11.9. The Morgan fingerprint density at radius 1 is 1.56 bits per heavy atom. The minimum atomic E-state index is 0.445. The van der Waals surface area contributed by atoms with E-state index in [9.17, 15) is 0 Å². The van der Waals surface area contributed by atoms with Gasteiger partial charge in [-0.05, 0) is 45.8 Å². The molecule has 0 saturated carbocycles. The third-order valence-corrected chi connectivity index (χ3v) is 3.67. The van der Waals surface area contributed by atoms with Crippen LogP contribution in [0.1, 0.15) is 45.3 Å². The van der Waals surface area contributed by atoms with E-state index >= 15 is 0 Å². The van der Waals surface area contributed by atoms with Crippen LogP contribution >= 0.6 is 0 Å². The summed E-state index contributed by atoms with van der Waals surface area (Å²) >= 11 is 0. The van der Waals surface area contributed by atoms with E-state index in [1.807, 2.05) is 6.20 Å². The summed E-state index contributed by atoms with van der Waals surface area (Å²) in [5, 5.41) is 7.89. The van der Waals surface area contributed by atoms with Crippen molar-refractivity contribution in [1.82, 2.24) is 20.0 Å². The van der Waals surface area contributed by atoms with Crippen molar-refractivity contribution < 1.29 is 0 Å². The number of nitrogens with one attached hydrogen (secondary N) is 1. The summed E-state index contributed by atoms with van der Waals surface area (Å²) in [6, 6.07) is 3.30. The second-order valence-corrected chi connectivity index (χ2v) is 5.48. The Labute approximate surface area is 110 Å². The normalized spacial score (nSPS) is 20.2. The van der Waals surface area contributed by atoms with Gasteiger partial charge in [0.15, 0.2) is 0 Å². The van der Waals surface area contributed by atoms with Gasteiger partial charge in [0.25, 0.3) is 0 Å². The van der Waals surface area contributed by atoms with E-state index in [0.717, 1.165) is 19.6 Å². The molecule has 1 aromatic heterocycles. The van der Waals surface area contributed by atoms with E-state index in [4.69, 9.17) is 0 Å². The molecule has 0 aliphatic carbocycles. The topological polar surface area (TPSA) is 33.1 Å². The summed E-state index contributed by atoms with van der Waals surface area (Å²) < 4.78 is 2.14. The molecule has 18 heavy (non-hydrogen) atoms. The minimum absolute atomic E-state index is 0.445. The highest BCUT2D eigenvalue weighted by atomic mass is 15.3. The van der Waals surface area contributed by atoms with Gasteiger partial charge in [-0.3, -0.25) is 9.58 Å². The zero-order chi connectivity index (χ0) is 13.0. The van der Waals surface area contributed by atoms with Crippen LogP contribution < -0.4 is 5.32 Å². The summed E-state index contributed by atoms with van der Waals surface area (Å²) in [5.41, 5.74) is 1.34. The van der Waals surface area contributed by atoms with Gasteiger partial charge >= 0.3 is 0 Å². The van der Waals surface area contributed by atoms with Crippen LogP contribution in [-0.2, 0) is 6.54 Å². The molecule has 1 aliphatic rings. The Morgan fingerprint density at radius 2 is 2.39 bits per heavy atom. The van der Waals surface area contributed by atoms with E-state index in [1.165, 1.54) is 25.1 Å². The lowest BCUT2D eigenvalue weighted by Gasteiger charge is -2.28. The van der Waals surface area contributed by atoms with Gasteiger partial charge in [0.05, 0.1) is 5.69 Å². The average Bonchev–Trinajstić information content (AvgIpc) is 2.99.